The molecule has 0 aliphatic heterocycles. The molecule has 3 heteroatoms. The van der Waals surface area contributed by atoms with Crippen molar-refractivity contribution in [2.45, 2.75) is 46.1 Å². The Bertz CT molecular complexity index is 603. The highest BCUT2D eigenvalue weighted by atomic mass is 16.6. The van der Waals surface area contributed by atoms with Gasteiger partial charge in [0.2, 0.25) is 0 Å². The minimum absolute atomic E-state index is 0.324. The first-order valence-corrected chi connectivity index (χ1v) is 7.22. The molecular weight excluding hydrogens is 264 g/mol. The molecule has 0 N–H and O–H groups in total. The molecule has 1 aromatic heterocycles. The predicted octanol–water partition coefficient (Wildman–Crippen LogP) is 4.33. The van der Waals surface area contributed by atoms with Crippen LogP contribution in [0.4, 0.5) is 0 Å². The van der Waals surface area contributed by atoms with Gasteiger partial charge in [-0.2, -0.15) is 0 Å². The Labute approximate surface area is 125 Å². The number of carbonyl (C=O) groups is 1. The number of hydrogen-bond acceptors (Lipinski definition) is 3. The summed E-state index contributed by atoms with van der Waals surface area (Å²) in [6.07, 6.45) is 1.66. The summed E-state index contributed by atoms with van der Waals surface area (Å²) >= 11 is 0. The molecule has 0 aliphatic rings. The number of rotatable bonds is 4. The van der Waals surface area contributed by atoms with Crippen molar-refractivity contribution in [3.8, 4) is 0 Å². The van der Waals surface area contributed by atoms with Crippen LogP contribution in [0, 0.1) is 6.92 Å². The normalized spacial score (nSPS) is 11.4. The summed E-state index contributed by atoms with van der Waals surface area (Å²) in [5, 5.41) is 0. The van der Waals surface area contributed by atoms with E-state index in [2.05, 4.69) is 12.1 Å². The van der Waals surface area contributed by atoms with Crippen LogP contribution >= 0.6 is 0 Å². The number of carbonyl (C=O) groups excluding carboxylic acids is 1. The number of furan rings is 1. The third kappa shape index (κ3) is 4.48. The van der Waals surface area contributed by atoms with E-state index in [1.807, 2.05) is 39.0 Å². The number of esters is 1. The number of hydrogen-bond donors (Lipinski definition) is 0. The maximum atomic E-state index is 12.1. The van der Waals surface area contributed by atoms with E-state index in [0.717, 1.165) is 18.6 Å². The lowest BCUT2D eigenvalue weighted by atomic mass is 10.1. The molecule has 21 heavy (non-hydrogen) atoms. The lowest BCUT2D eigenvalue weighted by molar-refractivity contribution is 0.00678. The van der Waals surface area contributed by atoms with Gasteiger partial charge in [-0.05, 0) is 45.7 Å². The van der Waals surface area contributed by atoms with Gasteiger partial charge in [0, 0.05) is 6.42 Å². The number of aryl methyl sites for hydroxylation is 3. The first kappa shape index (κ1) is 15.4. The Hall–Kier alpha value is -2.03. The molecule has 1 aromatic carbocycles. The highest BCUT2D eigenvalue weighted by Crippen LogP contribution is 2.20. The van der Waals surface area contributed by atoms with E-state index in [4.69, 9.17) is 9.15 Å². The number of benzene rings is 1. The third-order valence-electron chi connectivity index (χ3n) is 3.09. The van der Waals surface area contributed by atoms with Crippen molar-refractivity contribution < 1.29 is 13.9 Å². The monoisotopic (exact) mass is 286 g/mol. The van der Waals surface area contributed by atoms with Crippen LogP contribution in [0.15, 0.2) is 40.8 Å². The fourth-order valence-electron chi connectivity index (χ4n) is 2.11. The van der Waals surface area contributed by atoms with Crippen molar-refractivity contribution in [1.82, 2.24) is 0 Å². The maximum Gasteiger partial charge on any atom is 0.342 e. The summed E-state index contributed by atoms with van der Waals surface area (Å²) in [7, 11) is 0. The van der Waals surface area contributed by atoms with Gasteiger partial charge in [0.25, 0.3) is 0 Å². The van der Waals surface area contributed by atoms with E-state index < -0.39 is 5.60 Å². The van der Waals surface area contributed by atoms with E-state index in [1.54, 1.807) is 13.0 Å². The van der Waals surface area contributed by atoms with Crippen molar-refractivity contribution in [1.29, 1.82) is 0 Å². The second-order valence-electron chi connectivity index (χ2n) is 6.17. The van der Waals surface area contributed by atoms with Gasteiger partial charge in [-0.15, -0.1) is 0 Å². The van der Waals surface area contributed by atoms with E-state index in [1.165, 1.54) is 5.56 Å². The second kappa shape index (κ2) is 6.17. The third-order valence-corrected chi connectivity index (χ3v) is 3.09. The van der Waals surface area contributed by atoms with Crippen LogP contribution in [0.5, 0.6) is 0 Å². The van der Waals surface area contributed by atoms with Crippen LogP contribution in [-0.2, 0) is 17.6 Å². The van der Waals surface area contributed by atoms with Crippen molar-refractivity contribution in [3.63, 3.8) is 0 Å². The van der Waals surface area contributed by atoms with E-state index in [0.29, 0.717) is 11.3 Å². The SMILES string of the molecule is Cc1oc(CCc2ccccc2)cc1C(=O)OC(C)(C)C. The number of ether oxygens (including phenoxy) is 1. The van der Waals surface area contributed by atoms with Gasteiger partial charge in [-0.25, -0.2) is 4.79 Å². The molecule has 2 rings (SSSR count). The topological polar surface area (TPSA) is 39.4 Å². The van der Waals surface area contributed by atoms with Gasteiger partial charge in [0.15, 0.2) is 0 Å². The zero-order valence-electron chi connectivity index (χ0n) is 13.1. The van der Waals surface area contributed by atoms with Crippen LogP contribution in [-0.4, -0.2) is 11.6 Å². The molecule has 0 saturated carbocycles. The Morgan fingerprint density at radius 2 is 1.81 bits per heavy atom. The van der Waals surface area contributed by atoms with Crippen LogP contribution < -0.4 is 0 Å². The smallest absolute Gasteiger partial charge is 0.342 e. The Kier molecular flexibility index (Phi) is 4.51. The summed E-state index contributed by atoms with van der Waals surface area (Å²) in [6.45, 7) is 7.37. The predicted molar refractivity (Wildman–Crippen MR) is 82.5 cm³/mol. The fourth-order valence-corrected chi connectivity index (χ4v) is 2.11. The minimum Gasteiger partial charge on any atom is -0.465 e. The summed E-state index contributed by atoms with van der Waals surface area (Å²) < 4.78 is 11.1. The summed E-state index contributed by atoms with van der Waals surface area (Å²) in [5.41, 5.74) is 1.28. The van der Waals surface area contributed by atoms with E-state index in [-0.39, 0.29) is 5.97 Å². The standard InChI is InChI=1S/C18H22O3/c1-13-16(17(19)21-18(2,3)4)12-15(20-13)11-10-14-8-6-5-7-9-14/h5-9,12H,10-11H2,1-4H3. The highest BCUT2D eigenvalue weighted by molar-refractivity contribution is 5.90. The van der Waals surface area contributed by atoms with Gasteiger partial charge in [0.1, 0.15) is 22.7 Å². The molecule has 3 nitrogen and oxygen atoms in total. The van der Waals surface area contributed by atoms with Gasteiger partial charge >= 0.3 is 5.97 Å². The van der Waals surface area contributed by atoms with Crippen molar-refractivity contribution in [2.75, 3.05) is 0 Å². The minimum atomic E-state index is -0.495. The molecule has 0 saturated heterocycles. The van der Waals surface area contributed by atoms with Crippen molar-refractivity contribution >= 4 is 5.97 Å². The van der Waals surface area contributed by atoms with Crippen LogP contribution in [0.25, 0.3) is 0 Å². The van der Waals surface area contributed by atoms with E-state index >= 15 is 0 Å². The van der Waals surface area contributed by atoms with Crippen LogP contribution in [0.2, 0.25) is 0 Å². The molecule has 0 radical (unpaired) electrons. The van der Waals surface area contributed by atoms with Gasteiger partial charge in [-0.1, -0.05) is 30.3 Å². The Morgan fingerprint density at radius 1 is 1.14 bits per heavy atom. The zero-order chi connectivity index (χ0) is 15.5. The fraction of sp³-hybridized carbons (Fsp3) is 0.389. The Morgan fingerprint density at radius 3 is 2.43 bits per heavy atom. The molecule has 0 unspecified atom stereocenters. The molecule has 0 aliphatic carbocycles. The molecule has 0 atom stereocenters. The molecule has 112 valence electrons. The van der Waals surface area contributed by atoms with Crippen LogP contribution in [0.1, 0.15) is 48.2 Å². The molecule has 0 amide bonds. The second-order valence-corrected chi connectivity index (χ2v) is 6.17. The summed E-state index contributed by atoms with van der Waals surface area (Å²) in [6, 6.07) is 12.0. The van der Waals surface area contributed by atoms with Gasteiger partial charge < -0.3 is 9.15 Å². The first-order valence-electron chi connectivity index (χ1n) is 7.22. The zero-order valence-corrected chi connectivity index (χ0v) is 13.1. The molecular formula is C18H22O3. The lowest BCUT2D eigenvalue weighted by Crippen LogP contribution is -2.23. The highest BCUT2D eigenvalue weighted by Gasteiger charge is 2.22. The largest absolute Gasteiger partial charge is 0.465 e. The molecule has 0 fully saturated rings. The lowest BCUT2D eigenvalue weighted by Gasteiger charge is -2.18. The molecule has 2 aromatic rings. The van der Waals surface area contributed by atoms with Crippen molar-refractivity contribution in [2.24, 2.45) is 0 Å². The molecule has 1 heterocycles. The van der Waals surface area contributed by atoms with Gasteiger partial charge in [0.05, 0.1) is 0 Å². The average molecular weight is 286 g/mol. The van der Waals surface area contributed by atoms with Crippen LogP contribution in [0.3, 0.4) is 0 Å². The maximum absolute atomic E-state index is 12.1. The summed E-state index contributed by atoms with van der Waals surface area (Å²) in [5.74, 6) is 1.11. The summed E-state index contributed by atoms with van der Waals surface area (Å²) in [4.78, 5) is 12.1. The Balaban J connectivity index is 2.04. The molecule has 0 bridgehead atoms. The van der Waals surface area contributed by atoms with E-state index in [9.17, 15) is 4.79 Å². The quantitative estimate of drug-likeness (QED) is 0.785. The molecule has 0 spiro atoms. The van der Waals surface area contributed by atoms with Crippen molar-refractivity contribution in [3.05, 3.63) is 59.0 Å². The average Bonchev–Trinajstić information content (AvgIpc) is 2.77. The first-order chi connectivity index (χ1) is 9.85. The van der Waals surface area contributed by atoms with Gasteiger partial charge in [-0.3, -0.25) is 0 Å².